The lowest BCUT2D eigenvalue weighted by atomic mass is 10.0. The van der Waals surface area contributed by atoms with Crippen molar-refractivity contribution in [2.45, 2.75) is 19.9 Å². The normalized spacial score (nSPS) is 12.5. The molecular formula is C13H22Cl3N3O. The van der Waals surface area contributed by atoms with Gasteiger partial charge in [-0.25, -0.2) is 0 Å². The molecule has 4 nitrogen and oxygen atoms in total. The van der Waals surface area contributed by atoms with Gasteiger partial charge in [0.2, 0.25) is 5.91 Å². The molecule has 0 aliphatic heterocycles. The smallest absolute Gasteiger partial charge is 0.228 e. The van der Waals surface area contributed by atoms with E-state index in [2.05, 4.69) is 5.32 Å². The maximum absolute atomic E-state index is 12.0. The number of carbonyl (C=O) groups is 1. The van der Waals surface area contributed by atoms with Crippen molar-refractivity contribution in [3.05, 3.63) is 23.2 Å². The third-order valence-corrected chi connectivity index (χ3v) is 3.14. The highest BCUT2D eigenvalue weighted by molar-refractivity contribution is 6.31. The molecule has 1 aromatic rings. The topological polar surface area (TPSA) is 58.4 Å². The second-order valence-electron chi connectivity index (χ2n) is 4.69. The quantitative estimate of drug-likeness (QED) is 0.883. The summed E-state index contributed by atoms with van der Waals surface area (Å²) in [6.07, 6.45) is 0. The molecule has 1 rings (SSSR count). The predicted molar refractivity (Wildman–Crippen MR) is 91.7 cm³/mol. The molecule has 2 unspecified atom stereocenters. The Morgan fingerprint density at radius 3 is 2.30 bits per heavy atom. The summed E-state index contributed by atoms with van der Waals surface area (Å²) < 4.78 is 0. The fourth-order valence-electron chi connectivity index (χ4n) is 1.48. The molecule has 0 bridgehead atoms. The molecule has 0 saturated carbocycles. The number of carbonyl (C=O) groups excluding carboxylic acids is 1. The zero-order valence-corrected chi connectivity index (χ0v) is 14.4. The van der Waals surface area contributed by atoms with Crippen molar-refractivity contribution >= 4 is 53.7 Å². The first-order valence-corrected chi connectivity index (χ1v) is 6.24. The third kappa shape index (κ3) is 5.75. The molecule has 1 aromatic carbocycles. The van der Waals surface area contributed by atoms with Crippen molar-refractivity contribution < 1.29 is 4.79 Å². The van der Waals surface area contributed by atoms with Gasteiger partial charge in [0.15, 0.2) is 0 Å². The molecule has 0 aliphatic carbocycles. The molecule has 0 aromatic heterocycles. The number of anilines is 2. The Labute approximate surface area is 137 Å². The molecule has 0 saturated heterocycles. The molecule has 0 spiro atoms. The van der Waals surface area contributed by atoms with Crippen LogP contribution in [0.3, 0.4) is 0 Å². The van der Waals surface area contributed by atoms with Gasteiger partial charge < -0.3 is 16.0 Å². The Hall–Kier alpha value is -0.680. The highest BCUT2D eigenvalue weighted by Gasteiger charge is 2.18. The number of hydrogen-bond acceptors (Lipinski definition) is 3. The zero-order valence-electron chi connectivity index (χ0n) is 12.0. The van der Waals surface area contributed by atoms with Crippen LogP contribution in [0.1, 0.15) is 13.8 Å². The van der Waals surface area contributed by atoms with E-state index in [1.54, 1.807) is 19.1 Å². The van der Waals surface area contributed by atoms with Crippen molar-refractivity contribution in [2.24, 2.45) is 11.7 Å². The van der Waals surface area contributed by atoms with Crippen molar-refractivity contribution in [3.63, 3.8) is 0 Å². The van der Waals surface area contributed by atoms with Crippen LogP contribution in [0.5, 0.6) is 0 Å². The minimum atomic E-state index is -0.251. The zero-order chi connectivity index (χ0) is 13.9. The van der Waals surface area contributed by atoms with Gasteiger partial charge in [0.05, 0.1) is 17.3 Å². The average molecular weight is 343 g/mol. The van der Waals surface area contributed by atoms with E-state index in [9.17, 15) is 4.79 Å². The molecule has 2 atom stereocenters. The second kappa shape index (κ2) is 9.29. The first-order chi connectivity index (χ1) is 8.32. The Morgan fingerprint density at radius 1 is 1.30 bits per heavy atom. The molecule has 3 N–H and O–H groups in total. The van der Waals surface area contributed by atoms with Gasteiger partial charge in [-0.2, -0.15) is 0 Å². The number of nitrogens with one attached hydrogen (secondary N) is 1. The van der Waals surface area contributed by atoms with E-state index in [1.165, 1.54) is 0 Å². The summed E-state index contributed by atoms with van der Waals surface area (Å²) in [5, 5.41) is 3.46. The molecule has 0 aliphatic rings. The minimum Gasteiger partial charge on any atom is -0.376 e. The summed E-state index contributed by atoms with van der Waals surface area (Å²) in [6.45, 7) is 3.62. The number of hydrogen-bond donors (Lipinski definition) is 2. The fraction of sp³-hybridized carbons (Fsp3) is 0.462. The maximum Gasteiger partial charge on any atom is 0.228 e. The molecule has 0 radical (unpaired) electrons. The van der Waals surface area contributed by atoms with E-state index in [-0.39, 0.29) is 42.7 Å². The maximum atomic E-state index is 12.0. The lowest BCUT2D eigenvalue weighted by Gasteiger charge is -2.20. The minimum absolute atomic E-state index is 0. The van der Waals surface area contributed by atoms with Crippen molar-refractivity contribution in [3.8, 4) is 0 Å². The van der Waals surface area contributed by atoms with Gasteiger partial charge in [0.1, 0.15) is 0 Å². The van der Waals surface area contributed by atoms with Crippen molar-refractivity contribution in [1.29, 1.82) is 0 Å². The number of nitrogens with two attached hydrogens (primary N) is 1. The third-order valence-electron chi connectivity index (χ3n) is 2.90. The Morgan fingerprint density at radius 2 is 1.85 bits per heavy atom. The Bertz CT molecular complexity index is 439. The van der Waals surface area contributed by atoms with E-state index in [1.807, 2.05) is 32.0 Å². The summed E-state index contributed by atoms with van der Waals surface area (Å²) >= 11 is 5.95. The largest absolute Gasteiger partial charge is 0.376 e. The number of rotatable bonds is 4. The SMILES string of the molecule is CC(N)C(C)C(=O)Nc1cc(Cl)ccc1N(C)C.Cl.Cl. The monoisotopic (exact) mass is 341 g/mol. The van der Waals surface area contributed by atoms with Gasteiger partial charge >= 0.3 is 0 Å². The molecule has 0 fully saturated rings. The number of nitrogens with zero attached hydrogens (tertiary/aromatic N) is 1. The Balaban J connectivity index is 0. The predicted octanol–water partition coefficient (Wildman–Crippen LogP) is 3.17. The van der Waals surface area contributed by atoms with Gasteiger partial charge in [0, 0.05) is 25.2 Å². The fourth-order valence-corrected chi connectivity index (χ4v) is 1.66. The molecule has 1 amide bonds. The lowest BCUT2D eigenvalue weighted by molar-refractivity contribution is -0.119. The van der Waals surface area contributed by atoms with Crippen LogP contribution >= 0.6 is 36.4 Å². The Kier molecular flexibility index (Phi) is 10.0. The van der Waals surface area contributed by atoms with E-state index >= 15 is 0 Å². The summed E-state index contributed by atoms with van der Waals surface area (Å²) in [7, 11) is 3.82. The summed E-state index contributed by atoms with van der Waals surface area (Å²) in [6, 6.07) is 5.21. The van der Waals surface area contributed by atoms with Crippen molar-refractivity contribution in [2.75, 3.05) is 24.3 Å². The molecule has 116 valence electrons. The van der Waals surface area contributed by atoms with Crippen LogP contribution in [0.4, 0.5) is 11.4 Å². The van der Waals surface area contributed by atoms with Gasteiger partial charge in [0.25, 0.3) is 0 Å². The van der Waals surface area contributed by atoms with Gasteiger partial charge in [-0.05, 0) is 25.1 Å². The first-order valence-electron chi connectivity index (χ1n) is 5.86. The van der Waals surface area contributed by atoms with E-state index < -0.39 is 0 Å². The lowest BCUT2D eigenvalue weighted by Crippen LogP contribution is -2.34. The summed E-state index contributed by atoms with van der Waals surface area (Å²) in [4.78, 5) is 13.9. The molecule has 7 heteroatoms. The molecular weight excluding hydrogens is 321 g/mol. The average Bonchev–Trinajstić information content (AvgIpc) is 2.27. The highest BCUT2D eigenvalue weighted by Crippen LogP contribution is 2.28. The van der Waals surface area contributed by atoms with Gasteiger partial charge in [-0.15, -0.1) is 24.8 Å². The second-order valence-corrected chi connectivity index (χ2v) is 5.13. The van der Waals surface area contributed by atoms with E-state index in [4.69, 9.17) is 17.3 Å². The van der Waals surface area contributed by atoms with Gasteiger partial charge in [-0.3, -0.25) is 4.79 Å². The van der Waals surface area contributed by atoms with Crippen LogP contribution in [0.15, 0.2) is 18.2 Å². The highest BCUT2D eigenvalue weighted by atomic mass is 35.5. The van der Waals surface area contributed by atoms with Gasteiger partial charge in [-0.1, -0.05) is 18.5 Å². The van der Waals surface area contributed by atoms with Crippen LogP contribution in [-0.2, 0) is 4.79 Å². The van der Waals surface area contributed by atoms with Crippen LogP contribution < -0.4 is 16.0 Å². The van der Waals surface area contributed by atoms with Crippen LogP contribution in [0, 0.1) is 5.92 Å². The first kappa shape index (κ1) is 21.6. The van der Waals surface area contributed by atoms with Crippen LogP contribution in [0.2, 0.25) is 5.02 Å². The number of amides is 1. The summed E-state index contributed by atoms with van der Waals surface area (Å²) in [5.41, 5.74) is 7.33. The van der Waals surface area contributed by atoms with Crippen LogP contribution in [-0.4, -0.2) is 26.0 Å². The van der Waals surface area contributed by atoms with Crippen LogP contribution in [0.25, 0.3) is 0 Å². The van der Waals surface area contributed by atoms with E-state index in [0.29, 0.717) is 10.7 Å². The summed E-state index contributed by atoms with van der Waals surface area (Å²) in [5.74, 6) is -0.352. The van der Waals surface area contributed by atoms with Crippen molar-refractivity contribution in [1.82, 2.24) is 0 Å². The standard InChI is InChI=1S/C13H20ClN3O.2ClH/c1-8(9(2)15)13(18)16-11-7-10(14)5-6-12(11)17(3)4;;/h5-9H,15H2,1-4H3,(H,16,18);2*1H. The number of benzene rings is 1. The molecule has 20 heavy (non-hydrogen) atoms. The van der Waals surface area contributed by atoms with E-state index in [0.717, 1.165) is 5.69 Å². The molecule has 0 heterocycles. The number of halogens is 3.